The zero-order chi connectivity index (χ0) is 18.6. The van der Waals surface area contributed by atoms with Crippen LogP contribution in [0.15, 0.2) is 66.1 Å². The molecule has 1 aliphatic heterocycles. The molecule has 0 fully saturated rings. The lowest BCUT2D eigenvalue weighted by molar-refractivity contribution is -0.118. The predicted octanol–water partition coefficient (Wildman–Crippen LogP) is 4.01. The Morgan fingerprint density at radius 1 is 1.08 bits per heavy atom. The van der Waals surface area contributed by atoms with Gasteiger partial charge in [0.1, 0.15) is 0 Å². The summed E-state index contributed by atoms with van der Waals surface area (Å²) in [7, 11) is -3.25. The summed E-state index contributed by atoms with van der Waals surface area (Å²) >= 11 is 5.94. The second kappa shape index (κ2) is 8.06. The molecule has 0 saturated heterocycles. The summed E-state index contributed by atoms with van der Waals surface area (Å²) in [4.78, 5) is 14.5. The quantitative estimate of drug-likeness (QED) is 0.750. The molecule has 1 heterocycles. The molecule has 136 valence electrons. The van der Waals surface area contributed by atoms with Crippen LogP contribution >= 0.6 is 11.6 Å². The molecular weight excluding hydrogens is 370 g/mol. The number of nitrogens with zero attached hydrogens (tertiary/aromatic N) is 1. The van der Waals surface area contributed by atoms with Crippen molar-refractivity contribution < 1.29 is 13.2 Å². The van der Waals surface area contributed by atoms with E-state index in [1.54, 1.807) is 35.2 Å². The molecule has 2 aromatic rings. The van der Waals surface area contributed by atoms with Crippen LogP contribution in [-0.4, -0.2) is 26.1 Å². The topological polar surface area (TPSA) is 54.5 Å². The van der Waals surface area contributed by atoms with Crippen molar-refractivity contribution >= 4 is 33.0 Å². The van der Waals surface area contributed by atoms with Gasteiger partial charge in [-0.1, -0.05) is 41.9 Å². The summed E-state index contributed by atoms with van der Waals surface area (Å²) in [5, 5.41) is 1.76. The van der Waals surface area contributed by atoms with Gasteiger partial charge in [0.15, 0.2) is 9.84 Å². The fourth-order valence-electron chi connectivity index (χ4n) is 3.05. The highest BCUT2D eigenvalue weighted by Crippen LogP contribution is 2.25. The molecule has 0 aliphatic carbocycles. The molecule has 1 amide bonds. The number of carbonyl (C=O) groups excluding carboxylic acids is 1. The summed E-state index contributed by atoms with van der Waals surface area (Å²) in [5.41, 5.74) is 1.84. The van der Waals surface area contributed by atoms with E-state index in [0.717, 1.165) is 6.42 Å². The molecule has 0 radical (unpaired) electrons. The number of benzene rings is 2. The number of carbonyl (C=O) groups is 1. The highest BCUT2D eigenvalue weighted by Gasteiger charge is 2.31. The van der Waals surface area contributed by atoms with Crippen molar-refractivity contribution in [2.24, 2.45) is 0 Å². The summed E-state index contributed by atoms with van der Waals surface area (Å²) in [6, 6.07) is 16.4. The maximum atomic E-state index is 12.9. The molecule has 1 aliphatic rings. The number of sulfone groups is 1. The number of hydrogen-bond donors (Lipinski definition) is 0. The number of hydrogen-bond acceptors (Lipinski definition) is 3. The SMILES string of the molecule is O=C(CCCc1ccccc1)N(c1ccc(Cl)cc1)[C@H]1C=CS(=O)(=O)C1. The Labute approximate surface area is 159 Å². The molecule has 3 rings (SSSR count). The van der Waals surface area contributed by atoms with Crippen LogP contribution < -0.4 is 4.90 Å². The third-order valence-electron chi connectivity index (χ3n) is 4.32. The van der Waals surface area contributed by atoms with E-state index in [9.17, 15) is 13.2 Å². The molecular formula is C20H20ClNO3S. The Morgan fingerprint density at radius 3 is 2.38 bits per heavy atom. The molecule has 4 nitrogen and oxygen atoms in total. The Bertz CT molecular complexity index is 892. The van der Waals surface area contributed by atoms with Gasteiger partial charge in [0.2, 0.25) is 5.91 Å². The molecule has 0 spiro atoms. The van der Waals surface area contributed by atoms with E-state index in [0.29, 0.717) is 23.6 Å². The molecule has 26 heavy (non-hydrogen) atoms. The van der Waals surface area contributed by atoms with Crippen molar-refractivity contribution in [3.05, 3.63) is 76.7 Å². The average Bonchev–Trinajstić information content (AvgIpc) is 2.97. The third-order valence-corrected chi connectivity index (χ3v) is 5.95. The van der Waals surface area contributed by atoms with Crippen molar-refractivity contribution in [2.45, 2.75) is 25.3 Å². The van der Waals surface area contributed by atoms with Crippen LogP contribution in [0.3, 0.4) is 0 Å². The zero-order valence-corrected chi connectivity index (χ0v) is 15.8. The first-order chi connectivity index (χ1) is 12.4. The summed E-state index contributed by atoms with van der Waals surface area (Å²) in [5.74, 6) is -0.171. The first-order valence-corrected chi connectivity index (χ1v) is 10.6. The third kappa shape index (κ3) is 4.74. The second-order valence-corrected chi connectivity index (χ2v) is 8.67. The average molecular weight is 390 g/mol. The number of amides is 1. The minimum Gasteiger partial charge on any atom is -0.304 e. The van der Waals surface area contributed by atoms with E-state index in [2.05, 4.69) is 0 Å². The lowest BCUT2D eigenvalue weighted by atomic mass is 10.1. The van der Waals surface area contributed by atoms with Gasteiger partial charge in [-0.3, -0.25) is 4.79 Å². The monoisotopic (exact) mass is 389 g/mol. The van der Waals surface area contributed by atoms with Gasteiger partial charge in [0.05, 0.1) is 11.8 Å². The molecule has 0 N–H and O–H groups in total. The minimum atomic E-state index is -3.25. The molecule has 6 heteroatoms. The molecule has 1 atom stereocenters. The second-order valence-electron chi connectivity index (χ2n) is 6.30. The fourth-order valence-corrected chi connectivity index (χ4v) is 4.45. The van der Waals surface area contributed by atoms with Crippen molar-refractivity contribution in [3.63, 3.8) is 0 Å². The standard InChI is InChI=1S/C20H20ClNO3S/c21-17-9-11-18(12-10-17)22(19-13-14-26(24,25)15-19)20(23)8-4-7-16-5-2-1-3-6-16/h1-3,5-6,9-14,19H,4,7-8,15H2/t19-/m0/s1. The number of aryl methyl sites for hydroxylation is 1. The van der Waals surface area contributed by atoms with Gasteiger partial charge >= 0.3 is 0 Å². The smallest absolute Gasteiger partial charge is 0.227 e. The van der Waals surface area contributed by atoms with Crippen LogP contribution in [0.4, 0.5) is 5.69 Å². The highest BCUT2D eigenvalue weighted by atomic mass is 35.5. The van der Waals surface area contributed by atoms with E-state index in [1.807, 2.05) is 30.3 Å². The summed E-state index contributed by atoms with van der Waals surface area (Å²) in [6.07, 6.45) is 3.44. The van der Waals surface area contributed by atoms with Gasteiger partial charge in [-0.2, -0.15) is 0 Å². The van der Waals surface area contributed by atoms with Gasteiger partial charge in [-0.15, -0.1) is 0 Å². The Kier molecular flexibility index (Phi) is 5.79. The van der Waals surface area contributed by atoms with Crippen LogP contribution in [0.25, 0.3) is 0 Å². The van der Waals surface area contributed by atoms with E-state index >= 15 is 0 Å². The van der Waals surface area contributed by atoms with Crippen LogP contribution in [0.2, 0.25) is 5.02 Å². The molecule has 0 aromatic heterocycles. The van der Waals surface area contributed by atoms with E-state index < -0.39 is 15.9 Å². The number of rotatable bonds is 6. The normalized spacial score (nSPS) is 18.0. The predicted molar refractivity (Wildman–Crippen MR) is 105 cm³/mol. The number of anilines is 1. The molecule has 0 saturated carbocycles. The van der Waals surface area contributed by atoms with Gasteiger partial charge < -0.3 is 4.90 Å². The van der Waals surface area contributed by atoms with Gasteiger partial charge in [-0.05, 0) is 48.7 Å². The van der Waals surface area contributed by atoms with Crippen molar-refractivity contribution in [3.8, 4) is 0 Å². The zero-order valence-electron chi connectivity index (χ0n) is 14.2. The van der Waals surface area contributed by atoms with E-state index in [4.69, 9.17) is 11.6 Å². The first kappa shape index (κ1) is 18.7. The molecule has 0 bridgehead atoms. The van der Waals surface area contributed by atoms with Gasteiger partial charge in [0.25, 0.3) is 0 Å². The van der Waals surface area contributed by atoms with Crippen LogP contribution in [0, 0.1) is 0 Å². The van der Waals surface area contributed by atoms with Crippen LogP contribution in [-0.2, 0) is 21.1 Å². The molecule has 0 unspecified atom stereocenters. The van der Waals surface area contributed by atoms with Crippen molar-refractivity contribution in [1.82, 2.24) is 0 Å². The first-order valence-electron chi connectivity index (χ1n) is 8.47. The fraction of sp³-hybridized carbons (Fsp3) is 0.250. The lowest BCUT2D eigenvalue weighted by Crippen LogP contribution is -2.41. The summed E-state index contributed by atoms with van der Waals surface area (Å²) < 4.78 is 23.6. The number of halogens is 1. The maximum Gasteiger partial charge on any atom is 0.227 e. The van der Waals surface area contributed by atoms with E-state index in [-0.39, 0.29) is 11.7 Å². The van der Waals surface area contributed by atoms with Crippen LogP contribution in [0.5, 0.6) is 0 Å². The van der Waals surface area contributed by atoms with Gasteiger partial charge in [-0.25, -0.2) is 8.42 Å². The Balaban J connectivity index is 1.73. The van der Waals surface area contributed by atoms with E-state index in [1.165, 1.54) is 11.0 Å². The van der Waals surface area contributed by atoms with Gasteiger partial charge in [0, 0.05) is 22.5 Å². The van der Waals surface area contributed by atoms with Crippen LogP contribution in [0.1, 0.15) is 18.4 Å². The highest BCUT2D eigenvalue weighted by molar-refractivity contribution is 7.94. The lowest BCUT2D eigenvalue weighted by Gasteiger charge is -2.28. The largest absolute Gasteiger partial charge is 0.304 e. The minimum absolute atomic E-state index is 0.0833. The van der Waals surface area contributed by atoms with Crippen molar-refractivity contribution in [1.29, 1.82) is 0 Å². The molecule has 2 aromatic carbocycles. The Morgan fingerprint density at radius 2 is 1.77 bits per heavy atom. The maximum absolute atomic E-state index is 12.9. The Hall–Kier alpha value is -2.11. The van der Waals surface area contributed by atoms with Crippen molar-refractivity contribution in [2.75, 3.05) is 10.7 Å². The summed E-state index contributed by atoms with van der Waals surface area (Å²) in [6.45, 7) is 0.